The van der Waals surface area contributed by atoms with Crippen LogP contribution in [0.25, 0.3) is 0 Å². The van der Waals surface area contributed by atoms with Crippen molar-refractivity contribution in [2.45, 2.75) is 43.5 Å². The van der Waals surface area contributed by atoms with Crippen LogP contribution >= 0.6 is 0 Å². The van der Waals surface area contributed by atoms with Crippen molar-refractivity contribution in [1.82, 2.24) is 4.90 Å². The molecule has 2 aliphatic rings. The number of benzene rings is 2. The minimum Gasteiger partial charge on any atom is -0.493 e. The summed E-state index contributed by atoms with van der Waals surface area (Å²) in [5.74, 6) is 0.679. The second kappa shape index (κ2) is 8.61. The van der Waals surface area contributed by atoms with Gasteiger partial charge in [-0.05, 0) is 67.8 Å². The maximum Gasteiger partial charge on any atom is 0.416 e. The molecule has 1 atom stereocenters. The van der Waals surface area contributed by atoms with Crippen molar-refractivity contribution in [3.63, 3.8) is 0 Å². The average molecular weight is 457 g/mol. The van der Waals surface area contributed by atoms with Gasteiger partial charge in [0.2, 0.25) is 0 Å². The Morgan fingerprint density at radius 1 is 0.844 bits per heavy atom. The van der Waals surface area contributed by atoms with Gasteiger partial charge in [-0.2, -0.15) is 26.3 Å². The van der Waals surface area contributed by atoms with Crippen molar-refractivity contribution in [2.75, 3.05) is 26.2 Å². The van der Waals surface area contributed by atoms with Gasteiger partial charge in [0, 0.05) is 24.4 Å². The molecule has 1 saturated heterocycles. The van der Waals surface area contributed by atoms with Gasteiger partial charge in [0.1, 0.15) is 5.75 Å². The van der Waals surface area contributed by atoms with Gasteiger partial charge in [-0.3, -0.25) is 0 Å². The minimum atomic E-state index is -4.37. The summed E-state index contributed by atoms with van der Waals surface area (Å²) in [5, 5.41) is 0. The fraction of sp³-hybridized carbons (Fsp3) is 0.500. The molecule has 2 nitrogen and oxygen atoms in total. The largest absolute Gasteiger partial charge is 0.493 e. The predicted molar refractivity (Wildman–Crippen MR) is 108 cm³/mol. The molecule has 0 aromatic heterocycles. The average Bonchev–Trinajstić information content (AvgIpc) is 3.16. The Morgan fingerprint density at radius 3 is 1.91 bits per heavy atom. The fourth-order valence-corrected chi connectivity index (χ4v) is 4.73. The molecule has 1 heterocycles. The third-order valence-electron chi connectivity index (χ3n) is 6.70. The van der Waals surface area contributed by atoms with Crippen LogP contribution in [0.2, 0.25) is 0 Å². The van der Waals surface area contributed by atoms with E-state index < -0.39 is 23.5 Å². The van der Waals surface area contributed by atoms with E-state index in [-0.39, 0.29) is 11.3 Å². The summed E-state index contributed by atoms with van der Waals surface area (Å²) in [6.45, 7) is 2.91. The van der Waals surface area contributed by atoms with Gasteiger partial charge in [-0.15, -0.1) is 0 Å². The minimum absolute atomic E-state index is 0.104. The SMILES string of the molecule is FC(F)(F)c1ccc(OC[C@@H]2CCN(CC3(c4ccc(C(F)(F)F)cc4)CCC3)C2)cc1. The Hall–Kier alpha value is -2.22. The lowest BCUT2D eigenvalue weighted by molar-refractivity contribution is -0.138. The molecule has 1 aliphatic carbocycles. The van der Waals surface area contributed by atoms with E-state index in [2.05, 4.69) is 4.90 Å². The third-order valence-corrected chi connectivity index (χ3v) is 6.70. The van der Waals surface area contributed by atoms with Crippen molar-refractivity contribution in [3.05, 3.63) is 65.2 Å². The third kappa shape index (κ3) is 5.05. The Morgan fingerprint density at radius 2 is 1.41 bits per heavy atom. The zero-order chi connectivity index (χ0) is 23.0. The summed E-state index contributed by atoms with van der Waals surface area (Å²) in [6, 6.07) is 10.3. The van der Waals surface area contributed by atoms with Crippen LogP contribution in [0, 0.1) is 5.92 Å². The van der Waals surface area contributed by atoms with E-state index in [1.54, 1.807) is 12.1 Å². The highest BCUT2D eigenvalue weighted by atomic mass is 19.4. The summed E-state index contributed by atoms with van der Waals surface area (Å²) < 4.78 is 82.3. The topological polar surface area (TPSA) is 12.5 Å². The molecule has 4 rings (SSSR count). The van der Waals surface area contributed by atoms with Crippen LogP contribution in [0.3, 0.4) is 0 Å². The van der Waals surface area contributed by atoms with Crippen LogP contribution in [0.15, 0.2) is 48.5 Å². The Labute approximate surface area is 183 Å². The number of hydrogen-bond donors (Lipinski definition) is 0. The van der Waals surface area contributed by atoms with Crippen LogP contribution in [0.5, 0.6) is 5.75 Å². The zero-order valence-electron chi connectivity index (χ0n) is 17.5. The molecule has 0 amide bonds. The molecule has 0 unspecified atom stereocenters. The zero-order valence-corrected chi connectivity index (χ0v) is 17.5. The molecule has 0 radical (unpaired) electrons. The van der Waals surface area contributed by atoms with Gasteiger partial charge in [0.15, 0.2) is 0 Å². The lowest BCUT2D eigenvalue weighted by Crippen LogP contribution is -2.45. The lowest BCUT2D eigenvalue weighted by Gasteiger charge is -2.45. The van der Waals surface area contributed by atoms with Gasteiger partial charge in [0.25, 0.3) is 0 Å². The van der Waals surface area contributed by atoms with Crippen molar-refractivity contribution in [1.29, 1.82) is 0 Å². The molecule has 2 aromatic carbocycles. The Bertz CT molecular complexity index is 900. The van der Waals surface area contributed by atoms with Crippen LogP contribution in [0.1, 0.15) is 42.4 Å². The number of halogens is 6. The summed E-state index contributed by atoms with van der Waals surface area (Å²) in [5.41, 5.74) is -0.475. The van der Waals surface area contributed by atoms with E-state index in [1.807, 2.05) is 0 Å². The van der Waals surface area contributed by atoms with E-state index >= 15 is 0 Å². The van der Waals surface area contributed by atoms with Gasteiger partial charge >= 0.3 is 12.4 Å². The maximum atomic E-state index is 12.9. The van der Waals surface area contributed by atoms with Crippen molar-refractivity contribution in [2.24, 2.45) is 5.92 Å². The molecule has 0 bridgehead atoms. The summed E-state index contributed by atoms with van der Waals surface area (Å²) in [7, 11) is 0. The second-order valence-corrected chi connectivity index (χ2v) is 8.93. The number of alkyl halides is 6. The highest BCUT2D eigenvalue weighted by molar-refractivity contribution is 5.33. The first-order valence-corrected chi connectivity index (χ1v) is 10.8. The standard InChI is InChI=1S/C24H25F6NO/c25-23(26,27)19-4-2-18(3-5-19)22(11-1-12-22)16-31-13-10-17(14-31)15-32-21-8-6-20(7-9-21)24(28,29)30/h2-9,17H,1,10-16H2/t17-/m1/s1. The van der Waals surface area contributed by atoms with E-state index in [1.165, 1.54) is 24.3 Å². The van der Waals surface area contributed by atoms with E-state index in [4.69, 9.17) is 4.74 Å². The van der Waals surface area contributed by atoms with Gasteiger partial charge in [-0.1, -0.05) is 18.6 Å². The highest BCUT2D eigenvalue weighted by Gasteiger charge is 2.42. The molecule has 2 aromatic rings. The summed E-state index contributed by atoms with van der Waals surface area (Å²) in [6.07, 6.45) is -4.79. The van der Waals surface area contributed by atoms with Crippen LogP contribution in [-0.4, -0.2) is 31.1 Å². The molecular weight excluding hydrogens is 432 g/mol. The Kier molecular flexibility index (Phi) is 6.18. The number of hydrogen-bond acceptors (Lipinski definition) is 2. The fourth-order valence-electron chi connectivity index (χ4n) is 4.73. The second-order valence-electron chi connectivity index (χ2n) is 8.93. The first kappa shape index (κ1) is 23.0. The number of likely N-dealkylation sites (tertiary alicyclic amines) is 1. The molecule has 32 heavy (non-hydrogen) atoms. The Balaban J connectivity index is 1.31. The van der Waals surface area contributed by atoms with Crippen LogP contribution in [-0.2, 0) is 17.8 Å². The van der Waals surface area contributed by atoms with Gasteiger partial charge in [0.05, 0.1) is 17.7 Å². The first-order valence-electron chi connectivity index (χ1n) is 10.8. The summed E-state index contributed by atoms with van der Waals surface area (Å²) in [4.78, 5) is 2.33. The molecule has 174 valence electrons. The molecule has 0 N–H and O–H groups in total. The molecule has 1 saturated carbocycles. The van der Waals surface area contributed by atoms with E-state index in [0.717, 1.165) is 63.0 Å². The van der Waals surface area contributed by atoms with Crippen molar-refractivity contribution < 1.29 is 31.1 Å². The van der Waals surface area contributed by atoms with Crippen molar-refractivity contribution >= 4 is 0 Å². The molecule has 0 spiro atoms. The number of ether oxygens (including phenoxy) is 1. The van der Waals surface area contributed by atoms with Crippen LogP contribution in [0.4, 0.5) is 26.3 Å². The maximum absolute atomic E-state index is 12.9. The summed E-state index contributed by atoms with van der Waals surface area (Å²) >= 11 is 0. The van der Waals surface area contributed by atoms with Gasteiger partial charge in [-0.25, -0.2) is 0 Å². The molecule has 2 fully saturated rings. The molecule has 1 aliphatic heterocycles. The lowest BCUT2D eigenvalue weighted by atomic mass is 9.64. The monoisotopic (exact) mass is 457 g/mol. The van der Waals surface area contributed by atoms with Gasteiger partial charge < -0.3 is 9.64 Å². The normalized spacial score (nSPS) is 21.4. The quantitative estimate of drug-likeness (QED) is 0.457. The highest BCUT2D eigenvalue weighted by Crippen LogP contribution is 2.45. The predicted octanol–water partition coefficient (Wildman–Crippen LogP) is 6.55. The molecular formula is C24H25F6NO. The van der Waals surface area contributed by atoms with E-state index in [9.17, 15) is 26.3 Å². The van der Waals surface area contributed by atoms with E-state index in [0.29, 0.717) is 12.4 Å². The first-order chi connectivity index (χ1) is 15.1. The van der Waals surface area contributed by atoms with Crippen molar-refractivity contribution in [3.8, 4) is 5.75 Å². The van der Waals surface area contributed by atoms with Crippen LogP contribution < -0.4 is 4.74 Å². The smallest absolute Gasteiger partial charge is 0.416 e. The number of rotatable bonds is 6. The molecule has 8 heteroatoms. The number of nitrogens with zero attached hydrogens (tertiary/aromatic N) is 1.